The maximum absolute atomic E-state index is 12.4. The van der Waals surface area contributed by atoms with Crippen molar-refractivity contribution in [3.8, 4) is 0 Å². The first kappa shape index (κ1) is 20.3. The number of piperidine rings is 1. The van der Waals surface area contributed by atoms with Gasteiger partial charge in [-0.1, -0.05) is 0 Å². The lowest BCUT2D eigenvalue weighted by Gasteiger charge is -2.27. The predicted octanol–water partition coefficient (Wildman–Crippen LogP) is 4.14. The molecule has 7 heteroatoms. The standard InChI is InChI=1S/C19H22N4O.2ClH/c24-19(15-4-6-17-14(12-15)8-9-20-17)22-16-5-7-18(21-13-16)23-10-2-1-3-11-23;;/h4-7,12-13,20H,1-3,8-11H2,(H,22,24);2*1H. The maximum Gasteiger partial charge on any atom is 0.255 e. The van der Waals surface area contributed by atoms with Gasteiger partial charge >= 0.3 is 0 Å². The van der Waals surface area contributed by atoms with E-state index in [9.17, 15) is 4.79 Å². The average Bonchev–Trinajstić information content (AvgIpc) is 3.11. The lowest BCUT2D eigenvalue weighted by molar-refractivity contribution is 0.102. The molecule has 1 aromatic carbocycles. The van der Waals surface area contributed by atoms with E-state index in [2.05, 4.69) is 20.5 Å². The number of carbonyl (C=O) groups is 1. The van der Waals surface area contributed by atoms with Crippen LogP contribution in [0.3, 0.4) is 0 Å². The molecule has 26 heavy (non-hydrogen) atoms. The Hall–Kier alpha value is -1.98. The van der Waals surface area contributed by atoms with Crippen LogP contribution in [0.1, 0.15) is 35.2 Å². The molecule has 0 radical (unpaired) electrons. The molecule has 0 aliphatic carbocycles. The Bertz CT molecular complexity index is 746. The number of nitrogens with zero attached hydrogens (tertiary/aromatic N) is 2. The highest BCUT2D eigenvalue weighted by Crippen LogP contribution is 2.24. The molecule has 0 saturated carbocycles. The number of hydrogen-bond acceptors (Lipinski definition) is 4. The summed E-state index contributed by atoms with van der Waals surface area (Å²) in [4.78, 5) is 19.2. The molecule has 1 aromatic heterocycles. The third-order valence-corrected chi connectivity index (χ3v) is 4.76. The fourth-order valence-electron chi connectivity index (χ4n) is 3.42. The van der Waals surface area contributed by atoms with Crippen LogP contribution < -0.4 is 15.5 Å². The molecule has 2 aromatic rings. The number of amides is 1. The second kappa shape index (κ2) is 9.10. The van der Waals surface area contributed by atoms with Crippen LogP contribution in [0.25, 0.3) is 0 Å². The van der Waals surface area contributed by atoms with Gasteiger partial charge in [0.15, 0.2) is 0 Å². The van der Waals surface area contributed by atoms with Crippen molar-refractivity contribution < 1.29 is 4.79 Å². The Morgan fingerprint density at radius 2 is 1.88 bits per heavy atom. The van der Waals surface area contributed by atoms with Crippen molar-refractivity contribution in [2.45, 2.75) is 25.7 Å². The first-order chi connectivity index (χ1) is 11.8. The Balaban J connectivity index is 0.00000121. The zero-order chi connectivity index (χ0) is 16.4. The van der Waals surface area contributed by atoms with E-state index in [1.54, 1.807) is 6.20 Å². The first-order valence-electron chi connectivity index (χ1n) is 8.69. The molecule has 0 bridgehead atoms. The third-order valence-electron chi connectivity index (χ3n) is 4.76. The van der Waals surface area contributed by atoms with Crippen molar-refractivity contribution in [2.24, 2.45) is 0 Å². The number of anilines is 3. The molecule has 140 valence electrons. The first-order valence-corrected chi connectivity index (χ1v) is 8.69. The van der Waals surface area contributed by atoms with Crippen LogP contribution >= 0.6 is 24.8 Å². The molecule has 2 aliphatic heterocycles. The Labute approximate surface area is 166 Å². The van der Waals surface area contributed by atoms with Gasteiger partial charge in [0, 0.05) is 30.9 Å². The molecule has 4 rings (SSSR count). The van der Waals surface area contributed by atoms with E-state index in [-0.39, 0.29) is 30.7 Å². The van der Waals surface area contributed by atoms with Crippen LogP contribution in [0, 0.1) is 0 Å². The van der Waals surface area contributed by atoms with Crippen LogP contribution in [0.2, 0.25) is 0 Å². The second-order valence-corrected chi connectivity index (χ2v) is 6.46. The van der Waals surface area contributed by atoms with Crippen molar-refractivity contribution in [2.75, 3.05) is 35.2 Å². The van der Waals surface area contributed by atoms with Gasteiger partial charge in [-0.15, -0.1) is 24.8 Å². The number of aromatic nitrogens is 1. The molecular formula is C19H24Cl2N4O. The number of benzene rings is 1. The summed E-state index contributed by atoms with van der Waals surface area (Å²) >= 11 is 0. The van der Waals surface area contributed by atoms with Gasteiger partial charge < -0.3 is 15.5 Å². The number of fused-ring (bicyclic) bond motifs is 1. The van der Waals surface area contributed by atoms with Crippen molar-refractivity contribution >= 4 is 47.9 Å². The minimum absolute atomic E-state index is 0. The average molecular weight is 395 g/mol. The summed E-state index contributed by atoms with van der Waals surface area (Å²) in [6.07, 6.45) is 6.49. The quantitative estimate of drug-likeness (QED) is 0.821. The van der Waals surface area contributed by atoms with E-state index in [0.717, 1.165) is 43.2 Å². The maximum atomic E-state index is 12.4. The summed E-state index contributed by atoms with van der Waals surface area (Å²) in [6, 6.07) is 9.74. The van der Waals surface area contributed by atoms with Gasteiger partial charge in [0.25, 0.3) is 5.91 Å². The minimum Gasteiger partial charge on any atom is -0.384 e. The summed E-state index contributed by atoms with van der Waals surface area (Å²) < 4.78 is 0. The summed E-state index contributed by atoms with van der Waals surface area (Å²) in [5.74, 6) is 0.911. The van der Waals surface area contributed by atoms with E-state index in [1.807, 2.05) is 30.3 Å². The fourth-order valence-corrected chi connectivity index (χ4v) is 3.42. The van der Waals surface area contributed by atoms with Crippen LogP contribution in [0.5, 0.6) is 0 Å². The monoisotopic (exact) mass is 394 g/mol. The van der Waals surface area contributed by atoms with Crippen molar-refractivity contribution in [3.63, 3.8) is 0 Å². The van der Waals surface area contributed by atoms with Gasteiger partial charge in [0.1, 0.15) is 5.82 Å². The molecule has 1 saturated heterocycles. The largest absolute Gasteiger partial charge is 0.384 e. The van der Waals surface area contributed by atoms with Gasteiger partial charge in [-0.2, -0.15) is 0 Å². The smallest absolute Gasteiger partial charge is 0.255 e. The topological polar surface area (TPSA) is 57.3 Å². The molecule has 0 atom stereocenters. The van der Waals surface area contributed by atoms with Crippen LogP contribution in [0.15, 0.2) is 36.5 Å². The molecule has 1 fully saturated rings. The summed E-state index contributed by atoms with van der Waals surface area (Å²) in [6.45, 7) is 3.09. The summed E-state index contributed by atoms with van der Waals surface area (Å²) in [5.41, 5.74) is 3.78. The molecule has 0 unspecified atom stereocenters. The van der Waals surface area contributed by atoms with E-state index in [4.69, 9.17) is 0 Å². The highest BCUT2D eigenvalue weighted by molar-refractivity contribution is 6.04. The van der Waals surface area contributed by atoms with Gasteiger partial charge in [0.05, 0.1) is 11.9 Å². The third kappa shape index (κ3) is 4.40. The molecular weight excluding hydrogens is 371 g/mol. The van der Waals surface area contributed by atoms with E-state index in [0.29, 0.717) is 5.56 Å². The second-order valence-electron chi connectivity index (χ2n) is 6.46. The highest BCUT2D eigenvalue weighted by atomic mass is 35.5. The fraction of sp³-hybridized carbons (Fsp3) is 0.368. The molecule has 5 nitrogen and oxygen atoms in total. The van der Waals surface area contributed by atoms with E-state index in [1.165, 1.54) is 24.8 Å². The zero-order valence-electron chi connectivity index (χ0n) is 14.5. The lowest BCUT2D eigenvalue weighted by atomic mass is 10.1. The SMILES string of the molecule is Cl.Cl.O=C(Nc1ccc(N2CCCCC2)nc1)c1ccc2c(c1)CCN2. The number of nitrogens with one attached hydrogen (secondary N) is 2. The minimum atomic E-state index is -0.0859. The van der Waals surface area contributed by atoms with E-state index >= 15 is 0 Å². The number of halogens is 2. The molecule has 2 N–H and O–H groups in total. The van der Waals surface area contributed by atoms with Gasteiger partial charge in [-0.25, -0.2) is 4.98 Å². The zero-order valence-corrected chi connectivity index (χ0v) is 16.2. The van der Waals surface area contributed by atoms with Crippen LogP contribution in [0.4, 0.5) is 17.2 Å². The Kier molecular flexibility index (Phi) is 7.12. The van der Waals surface area contributed by atoms with Crippen molar-refractivity contribution in [1.82, 2.24) is 4.98 Å². The van der Waals surface area contributed by atoms with Gasteiger partial charge in [-0.05, 0) is 61.6 Å². The predicted molar refractivity (Wildman–Crippen MR) is 111 cm³/mol. The molecule has 3 heterocycles. The summed E-state index contributed by atoms with van der Waals surface area (Å²) in [7, 11) is 0. The lowest BCUT2D eigenvalue weighted by Crippen LogP contribution is -2.30. The van der Waals surface area contributed by atoms with Crippen molar-refractivity contribution in [1.29, 1.82) is 0 Å². The molecule has 2 aliphatic rings. The van der Waals surface area contributed by atoms with Gasteiger partial charge in [0.2, 0.25) is 0 Å². The van der Waals surface area contributed by atoms with Crippen molar-refractivity contribution in [3.05, 3.63) is 47.7 Å². The van der Waals surface area contributed by atoms with Crippen LogP contribution in [-0.4, -0.2) is 30.5 Å². The Morgan fingerprint density at radius 1 is 1.08 bits per heavy atom. The summed E-state index contributed by atoms with van der Waals surface area (Å²) in [5, 5.41) is 6.25. The number of rotatable bonds is 3. The van der Waals surface area contributed by atoms with Gasteiger partial charge in [-0.3, -0.25) is 4.79 Å². The van der Waals surface area contributed by atoms with E-state index < -0.39 is 0 Å². The number of carbonyl (C=O) groups excluding carboxylic acids is 1. The van der Waals surface area contributed by atoms with Crippen LogP contribution in [-0.2, 0) is 6.42 Å². The molecule has 0 spiro atoms. The molecule has 1 amide bonds. The number of pyridine rings is 1. The normalized spacial score (nSPS) is 15.2. The Morgan fingerprint density at radius 3 is 2.62 bits per heavy atom. The number of hydrogen-bond donors (Lipinski definition) is 2. The highest BCUT2D eigenvalue weighted by Gasteiger charge is 2.15.